The van der Waals surface area contributed by atoms with Gasteiger partial charge in [-0.2, -0.15) is 0 Å². The number of halogens is 2. The van der Waals surface area contributed by atoms with Gasteiger partial charge in [-0.1, -0.05) is 24.3 Å². The molecule has 1 aliphatic heterocycles. The van der Waals surface area contributed by atoms with Crippen LogP contribution in [0.15, 0.2) is 60.7 Å². The molecule has 1 unspecified atom stereocenters. The molecule has 7 heteroatoms. The number of hydrogen-bond donors (Lipinski definition) is 0. The molecule has 0 amide bonds. The second-order valence-electron chi connectivity index (χ2n) is 9.95. The molecule has 1 atom stereocenters. The molecule has 3 aromatic carbocycles. The molecule has 204 valence electrons. The zero-order valence-electron chi connectivity index (χ0n) is 22.6. The van der Waals surface area contributed by atoms with Crippen LogP contribution < -0.4 is 9.47 Å². The average Bonchev–Trinajstić information content (AvgIpc) is 2.92. The van der Waals surface area contributed by atoms with Crippen LogP contribution in [-0.4, -0.2) is 52.5 Å². The number of likely N-dealkylation sites (N-methyl/N-ethyl adjacent to an activating group) is 1. The number of methoxy groups -OCH3 is 2. The van der Waals surface area contributed by atoms with Gasteiger partial charge in [0.25, 0.3) is 0 Å². The van der Waals surface area contributed by atoms with Crippen molar-refractivity contribution < 1.29 is 27.7 Å². The summed E-state index contributed by atoms with van der Waals surface area (Å²) < 4.78 is 50.5. The summed E-state index contributed by atoms with van der Waals surface area (Å²) in [6.07, 6.45) is 2.27. The molecule has 0 radical (unpaired) electrons. The van der Waals surface area contributed by atoms with Crippen LogP contribution in [0, 0.1) is 11.6 Å². The van der Waals surface area contributed by atoms with Crippen molar-refractivity contribution in [2.75, 3.05) is 47.6 Å². The lowest BCUT2D eigenvalue weighted by Crippen LogP contribution is -2.34. The normalized spacial score (nSPS) is 17.1. The molecule has 38 heavy (non-hydrogen) atoms. The highest BCUT2D eigenvalue weighted by Crippen LogP contribution is 2.42. The van der Waals surface area contributed by atoms with E-state index in [9.17, 15) is 8.78 Å². The number of fused-ring (bicyclic) bond motifs is 1. The average molecular weight is 526 g/mol. The van der Waals surface area contributed by atoms with E-state index in [1.54, 1.807) is 38.5 Å². The summed E-state index contributed by atoms with van der Waals surface area (Å²) in [6, 6.07) is 16.6. The van der Waals surface area contributed by atoms with Gasteiger partial charge >= 0.3 is 0 Å². The Kier molecular flexibility index (Phi) is 9.36. The zero-order valence-corrected chi connectivity index (χ0v) is 22.6. The molecule has 0 bridgehead atoms. The summed E-state index contributed by atoms with van der Waals surface area (Å²) in [4.78, 5) is 2.23. The monoisotopic (exact) mass is 525 g/mol. The molecule has 0 aliphatic carbocycles. The van der Waals surface area contributed by atoms with Crippen LogP contribution in [-0.2, 0) is 21.5 Å². The van der Waals surface area contributed by atoms with Gasteiger partial charge in [-0.05, 0) is 98.4 Å². The van der Waals surface area contributed by atoms with Crippen LogP contribution in [0.3, 0.4) is 0 Å². The second kappa shape index (κ2) is 12.7. The first kappa shape index (κ1) is 28.0. The van der Waals surface area contributed by atoms with Crippen molar-refractivity contribution in [2.45, 2.75) is 37.9 Å². The van der Waals surface area contributed by atoms with Crippen molar-refractivity contribution in [1.82, 2.24) is 4.90 Å². The molecule has 0 aromatic heterocycles. The van der Waals surface area contributed by atoms with E-state index in [1.165, 1.54) is 29.8 Å². The van der Waals surface area contributed by atoms with E-state index in [-0.39, 0.29) is 17.2 Å². The topological polar surface area (TPSA) is 40.2 Å². The third-order valence-corrected chi connectivity index (χ3v) is 7.27. The van der Waals surface area contributed by atoms with Crippen molar-refractivity contribution in [3.63, 3.8) is 0 Å². The van der Waals surface area contributed by atoms with Crippen LogP contribution in [0.1, 0.15) is 48.1 Å². The summed E-state index contributed by atoms with van der Waals surface area (Å²) in [5.41, 5.74) is 3.67. The lowest BCUT2D eigenvalue weighted by atomic mass is 9.84. The van der Waals surface area contributed by atoms with E-state index in [2.05, 4.69) is 31.0 Å². The maximum atomic E-state index is 13.5. The Bertz CT molecular complexity index is 1140. The highest BCUT2D eigenvalue weighted by atomic mass is 19.1. The van der Waals surface area contributed by atoms with E-state index in [1.807, 2.05) is 0 Å². The Morgan fingerprint density at radius 3 is 2.05 bits per heavy atom. The van der Waals surface area contributed by atoms with E-state index >= 15 is 0 Å². The maximum absolute atomic E-state index is 13.5. The molecule has 0 spiro atoms. The number of nitrogens with zero attached hydrogens (tertiary/aromatic N) is 1. The highest BCUT2D eigenvalue weighted by Gasteiger charge is 2.34. The molecule has 0 saturated heterocycles. The van der Waals surface area contributed by atoms with Crippen LogP contribution >= 0.6 is 0 Å². The third-order valence-electron chi connectivity index (χ3n) is 7.27. The summed E-state index contributed by atoms with van der Waals surface area (Å²) in [5.74, 6) is 0.855. The minimum absolute atomic E-state index is 0.304. The fourth-order valence-corrected chi connectivity index (χ4v) is 5.08. The van der Waals surface area contributed by atoms with Gasteiger partial charge < -0.3 is 23.8 Å². The van der Waals surface area contributed by atoms with Crippen LogP contribution in [0.2, 0.25) is 0 Å². The summed E-state index contributed by atoms with van der Waals surface area (Å²) >= 11 is 0. The first-order valence-electron chi connectivity index (χ1n) is 13.0. The molecule has 0 saturated carbocycles. The molecule has 5 nitrogen and oxygen atoms in total. The van der Waals surface area contributed by atoms with Gasteiger partial charge in [-0.25, -0.2) is 8.78 Å². The maximum Gasteiger partial charge on any atom is 0.161 e. The fraction of sp³-hybridized carbons (Fsp3) is 0.419. The predicted octanol–water partition coefficient (Wildman–Crippen LogP) is 6.29. The van der Waals surface area contributed by atoms with Crippen molar-refractivity contribution in [3.05, 3.63) is 94.6 Å². The van der Waals surface area contributed by atoms with Crippen LogP contribution in [0.5, 0.6) is 11.5 Å². The van der Waals surface area contributed by atoms with Gasteiger partial charge in [0.2, 0.25) is 0 Å². The molecule has 0 fully saturated rings. The molecule has 4 rings (SSSR count). The number of hydrogen-bond acceptors (Lipinski definition) is 5. The van der Waals surface area contributed by atoms with Gasteiger partial charge in [0, 0.05) is 6.54 Å². The minimum Gasteiger partial charge on any atom is -0.493 e. The van der Waals surface area contributed by atoms with Crippen molar-refractivity contribution in [1.29, 1.82) is 0 Å². The summed E-state index contributed by atoms with van der Waals surface area (Å²) in [5, 5.41) is 0. The van der Waals surface area contributed by atoms with E-state index < -0.39 is 6.10 Å². The second-order valence-corrected chi connectivity index (χ2v) is 9.95. The van der Waals surface area contributed by atoms with Gasteiger partial charge in [-0.3, -0.25) is 0 Å². The zero-order chi connectivity index (χ0) is 27.1. The van der Waals surface area contributed by atoms with E-state index in [0.29, 0.717) is 19.0 Å². The van der Waals surface area contributed by atoms with Crippen molar-refractivity contribution in [2.24, 2.45) is 0 Å². The first-order valence-corrected chi connectivity index (χ1v) is 13.0. The standard InChI is InChI=1S/C31H37F2NO4/c1-31(27-21-29(36-4)28(35-3)20-24(27)14-18-38-31)15-5-16-34(2)17-19-37-30(22-6-10-25(32)11-7-22)23-8-12-26(33)13-9-23/h6-13,20-21,30H,5,14-19H2,1-4H3. The Balaban J connectivity index is 1.33. The van der Waals surface area contributed by atoms with Gasteiger partial charge in [0.15, 0.2) is 11.5 Å². The van der Waals surface area contributed by atoms with Crippen LogP contribution in [0.4, 0.5) is 8.78 Å². The number of ether oxygens (including phenoxy) is 4. The van der Waals surface area contributed by atoms with Crippen LogP contribution in [0.25, 0.3) is 0 Å². The molecule has 1 heterocycles. The lowest BCUT2D eigenvalue weighted by molar-refractivity contribution is -0.0547. The largest absolute Gasteiger partial charge is 0.493 e. The highest BCUT2D eigenvalue weighted by molar-refractivity contribution is 5.50. The Morgan fingerprint density at radius 1 is 0.895 bits per heavy atom. The molecular weight excluding hydrogens is 488 g/mol. The lowest BCUT2D eigenvalue weighted by Gasteiger charge is -2.37. The van der Waals surface area contributed by atoms with Crippen molar-refractivity contribution >= 4 is 0 Å². The molecule has 3 aromatic rings. The van der Waals surface area contributed by atoms with Gasteiger partial charge in [0.05, 0.1) is 33.0 Å². The third kappa shape index (κ3) is 6.70. The number of benzene rings is 3. The Hall–Kier alpha value is -3.00. The molecular formula is C31H37F2NO4. The smallest absolute Gasteiger partial charge is 0.161 e. The van der Waals surface area contributed by atoms with Gasteiger partial charge in [0.1, 0.15) is 17.7 Å². The quantitative estimate of drug-likeness (QED) is 0.278. The van der Waals surface area contributed by atoms with E-state index in [0.717, 1.165) is 54.8 Å². The summed E-state index contributed by atoms with van der Waals surface area (Å²) in [7, 11) is 5.38. The Morgan fingerprint density at radius 2 is 1.47 bits per heavy atom. The van der Waals surface area contributed by atoms with Gasteiger partial charge in [-0.15, -0.1) is 0 Å². The molecule has 0 N–H and O–H groups in total. The minimum atomic E-state index is -0.400. The van der Waals surface area contributed by atoms with E-state index in [4.69, 9.17) is 18.9 Å². The van der Waals surface area contributed by atoms with Crippen molar-refractivity contribution in [3.8, 4) is 11.5 Å². The first-order chi connectivity index (χ1) is 18.3. The molecule has 1 aliphatic rings. The Labute approximate surface area is 224 Å². The number of rotatable bonds is 12. The SMILES string of the molecule is COc1cc2c(cc1OC)C(C)(CCCN(C)CCOC(c1ccc(F)cc1)c1ccc(F)cc1)OCC2. The fourth-order valence-electron chi connectivity index (χ4n) is 5.08. The summed E-state index contributed by atoms with van der Waals surface area (Å²) in [6.45, 7) is 4.90. The predicted molar refractivity (Wildman–Crippen MR) is 144 cm³/mol.